The molecule has 26 heavy (non-hydrogen) atoms. The van der Waals surface area contributed by atoms with Crippen LogP contribution in [0.15, 0.2) is 36.9 Å². The van der Waals surface area contributed by atoms with Gasteiger partial charge in [0.05, 0.1) is 30.8 Å². The molecule has 3 rings (SSSR count). The third-order valence-electron chi connectivity index (χ3n) is 4.85. The summed E-state index contributed by atoms with van der Waals surface area (Å²) >= 11 is 0. The molecule has 7 nitrogen and oxygen atoms in total. The maximum atomic E-state index is 12.2. The van der Waals surface area contributed by atoms with Crippen molar-refractivity contribution in [1.82, 2.24) is 24.8 Å². The summed E-state index contributed by atoms with van der Waals surface area (Å²) in [6, 6.07) is 5.85. The molecule has 140 valence electrons. The lowest BCUT2D eigenvalue weighted by Gasteiger charge is -2.40. The molecule has 1 N–H and O–H groups in total. The number of rotatable bonds is 7. The minimum absolute atomic E-state index is 0.0247. The smallest absolute Gasteiger partial charge is 0.220 e. The molecule has 1 amide bonds. The lowest BCUT2D eigenvalue weighted by molar-refractivity contribution is -0.123. The summed E-state index contributed by atoms with van der Waals surface area (Å²) in [7, 11) is 1.99. The molecule has 7 heteroatoms. The Bertz CT molecular complexity index is 703. The van der Waals surface area contributed by atoms with E-state index in [4.69, 9.17) is 4.74 Å². The van der Waals surface area contributed by atoms with E-state index in [2.05, 4.69) is 27.1 Å². The Morgan fingerprint density at radius 2 is 2.31 bits per heavy atom. The molecule has 0 aromatic carbocycles. The molecular weight excluding hydrogens is 330 g/mol. The Morgan fingerprint density at radius 3 is 3.00 bits per heavy atom. The van der Waals surface area contributed by atoms with Gasteiger partial charge in [0.2, 0.25) is 5.91 Å². The number of hydrogen-bond acceptors (Lipinski definition) is 5. The first-order valence-electron chi connectivity index (χ1n) is 9.17. The second-order valence-electron chi connectivity index (χ2n) is 6.54. The molecule has 2 aromatic rings. The Balaban J connectivity index is 1.58. The zero-order valence-corrected chi connectivity index (χ0v) is 15.5. The van der Waals surface area contributed by atoms with Crippen molar-refractivity contribution < 1.29 is 9.53 Å². The van der Waals surface area contributed by atoms with E-state index in [0.29, 0.717) is 26.0 Å². The molecule has 0 aliphatic carbocycles. The van der Waals surface area contributed by atoms with Crippen LogP contribution in [0.4, 0.5) is 0 Å². The lowest BCUT2D eigenvalue weighted by atomic mass is 10.0. The number of imidazole rings is 1. The van der Waals surface area contributed by atoms with E-state index in [9.17, 15) is 4.79 Å². The Kier molecular flexibility index (Phi) is 6.35. The molecule has 0 saturated carbocycles. The van der Waals surface area contributed by atoms with E-state index in [-0.39, 0.29) is 18.1 Å². The summed E-state index contributed by atoms with van der Waals surface area (Å²) in [6.45, 7) is 5.14. The number of aryl methyl sites for hydroxylation is 2. The van der Waals surface area contributed by atoms with Gasteiger partial charge >= 0.3 is 0 Å². The summed E-state index contributed by atoms with van der Waals surface area (Å²) < 4.78 is 8.03. The summed E-state index contributed by atoms with van der Waals surface area (Å²) in [5, 5.41) is 3.03. The number of ether oxygens (including phenoxy) is 1. The van der Waals surface area contributed by atoms with Crippen molar-refractivity contribution in [1.29, 1.82) is 0 Å². The van der Waals surface area contributed by atoms with Crippen LogP contribution in [0.5, 0.6) is 0 Å². The fraction of sp³-hybridized carbons (Fsp3) is 0.526. The van der Waals surface area contributed by atoms with Crippen LogP contribution in [0, 0.1) is 0 Å². The second kappa shape index (κ2) is 8.91. The number of likely N-dealkylation sites (N-methyl/N-ethyl adjacent to an activating group) is 1. The van der Waals surface area contributed by atoms with Crippen LogP contribution in [0.3, 0.4) is 0 Å². The zero-order valence-electron chi connectivity index (χ0n) is 15.5. The summed E-state index contributed by atoms with van der Waals surface area (Å²) in [4.78, 5) is 23.1. The van der Waals surface area contributed by atoms with Crippen molar-refractivity contribution in [3.63, 3.8) is 0 Å². The molecule has 0 radical (unpaired) electrons. The van der Waals surface area contributed by atoms with Crippen molar-refractivity contribution in [2.75, 3.05) is 26.2 Å². The number of hydrogen-bond donors (Lipinski definition) is 1. The molecular formula is C19H27N5O2. The van der Waals surface area contributed by atoms with E-state index in [1.54, 1.807) is 12.5 Å². The normalized spacial score (nSPS) is 20.8. The van der Waals surface area contributed by atoms with Gasteiger partial charge in [-0.2, -0.15) is 0 Å². The quantitative estimate of drug-likeness (QED) is 0.809. The monoisotopic (exact) mass is 357 g/mol. The predicted octanol–water partition coefficient (Wildman–Crippen LogP) is 1.33. The largest absolute Gasteiger partial charge is 0.373 e. The lowest BCUT2D eigenvalue weighted by Crippen LogP contribution is -2.50. The Hall–Kier alpha value is -2.25. The Morgan fingerprint density at radius 1 is 1.42 bits per heavy atom. The fourth-order valence-electron chi connectivity index (χ4n) is 3.43. The highest BCUT2D eigenvalue weighted by Gasteiger charge is 2.34. The fourth-order valence-corrected chi connectivity index (χ4v) is 3.43. The molecule has 3 heterocycles. The minimum Gasteiger partial charge on any atom is -0.373 e. The van der Waals surface area contributed by atoms with E-state index in [1.165, 1.54) is 0 Å². The number of morpholine rings is 1. The number of carbonyl (C=O) groups excluding carboxylic acids is 1. The molecule has 1 aliphatic rings. The summed E-state index contributed by atoms with van der Waals surface area (Å²) in [6.07, 6.45) is 6.43. The molecule has 2 aromatic heterocycles. The molecule has 1 saturated heterocycles. The van der Waals surface area contributed by atoms with Crippen LogP contribution in [0.1, 0.15) is 30.8 Å². The molecule has 0 bridgehead atoms. The molecule has 1 aliphatic heterocycles. The van der Waals surface area contributed by atoms with Crippen LogP contribution >= 0.6 is 0 Å². The van der Waals surface area contributed by atoms with Crippen LogP contribution in [-0.2, 0) is 23.0 Å². The van der Waals surface area contributed by atoms with Gasteiger partial charge in [0.25, 0.3) is 0 Å². The average molecular weight is 357 g/mol. The average Bonchev–Trinajstić information content (AvgIpc) is 3.10. The zero-order chi connectivity index (χ0) is 18.4. The molecule has 0 unspecified atom stereocenters. The van der Waals surface area contributed by atoms with Gasteiger partial charge in [0.15, 0.2) is 0 Å². The van der Waals surface area contributed by atoms with Gasteiger partial charge in [-0.05, 0) is 25.1 Å². The van der Waals surface area contributed by atoms with Crippen molar-refractivity contribution >= 4 is 5.91 Å². The summed E-state index contributed by atoms with van der Waals surface area (Å²) in [5.74, 6) is 0.0247. The van der Waals surface area contributed by atoms with Crippen LogP contribution < -0.4 is 5.32 Å². The van der Waals surface area contributed by atoms with Crippen molar-refractivity contribution in [2.24, 2.45) is 7.05 Å². The highest BCUT2D eigenvalue weighted by molar-refractivity contribution is 5.76. The first-order valence-corrected chi connectivity index (χ1v) is 9.17. The first kappa shape index (κ1) is 18.5. The van der Waals surface area contributed by atoms with Crippen LogP contribution in [0.25, 0.3) is 0 Å². The van der Waals surface area contributed by atoms with Crippen molar-refractivity contribution in [3.8, 4) is 0 Å². The highest BCUT2D eigenvalue weighted by Crippen LogP contribution is 2.28. The number of carbonyl (C=O) groups is 1. The van der Waals surface area contributed by atoms with Crippen LogP contribution in [-0.4, -0.2) is 57.7 Å². The van der Waals surface area contributed by atoms with Gasteiger partial charge in [-0.15, -0.1) is 0 Å². The van der Waals surface area contributed by atoms with Crippen molar-refractivity contribution in [2.45, 2.75) is 31.9 Å². The van der Waals surface area contributed by atoms with Gasteiger partial charge in [0.1, 0.15) is 0 Å². The first-order chi connectivity index (χ1) is 12.7. The number of amides is 1. The maximum absolute atomic E-state index is 12.2. The van der Waals surface area contributed by atoms with Gasteiger partial charge in [-0.25, -0.2) is 4.98 Å². The van der Waals surface area contributed by atoms with Gasteiger partial charge in [-0.3, -0.25) is 14.7 Å². The van der Waals surface area contributed by atoms with E-state index in [1.807, 2.05) is 36.0 Å². The minimum atomic E-state index is -0.0853. The van der Waals surface area contributed by atoms with E-state index >= 15 is 0 Å². The van der Waals surface area contributed by atoms with Crippen molar-refractivity contribution in [3.05, 3.63) is 48.3 Å². The standard InChI is InChI=1S/C19H27N5O2/c1-3-24-10-11-26-17(19(24)16-12-20-14-23(16)2)13-22-18(25)8-7-15-6-4-5-9-21-15/h4-6,9,12,14,17,19H,3,7-8,10-11,13H2,1-2H3,(H,22,25)/t17-,19-/m0/s1. The third-order valence-corrected chi connectivity index (χ3v) is 4.85. The number of aromatic nitrogens is 3. The maximum Gasteiger partial charge on any atom is 0.220 e. The third kappa shape index (κ3) is 4.47. The molecule has 1 fully saturated rings. The van der Waals surface area contributed by atoms with Gasteiger partial charge in [0, 0.05) is 44.6 Å². The van der Waals surface area contributed by atoms with E-state index < -0.39 is 0 Å². The van der Waals surface area contributed by atoms with Gasteiger partial charge in [-0.1, -0.05) is 13.0 Å². The highest BCUT2D eigenvalue weighted by atomic mass is 16.5. The molecule has 2 atom stereocenters. The Labute approximate surface area is 154 Å². The number of nitrogens with one attached hydrogen (secondary N) is 1. The van der Waals surface area contributed by atoms with Gasteiger partial charge < -0.3 is 14.6 Å². The topological polar surface area (TPSA) is 72.3 Å². The summed E-state index contributed by atoms with van der Waals surface area (Å²) in [5.41, 5.74) is 2.04. The van der Waals surface area contributed by atoms with Crippen LogP contribution in [0.2, 0.25) is 0 Å². The number of nitrogens with zero attached hydrogens (tertiary/aromatic N) is 4. The predicted molar refractivity (Wildman–Crippen MR) is 98.5 cm³/mol. The number of pyridine rings is 1. The second-order valence-corrected chi connectivity index (χ2v) is 6.54. The van der Waals surface area contributed by atoms with E-state index in [0.717, 1.165) is 24.5 Å². The SMILES string of the molecule is CCN1CCO[C@@H](CNC(=O)CCc2ccccn2)[C@@H]1c1cncn1C. The molecule has 0 spiro atoms.